The van der Waals surface area contributed by atoms with Crippen LogP contribution < -0.4 is 22.6 Å². The lowest BCUT2D eigenvalue weighted by atomic mass is 10.1. The minimum absolute atomic E-state index is 0.161. The van der Waals surface area contributed by atoms with Gasteiger partial charge in [0.1, 0.15) is 5.82 Å². The third-order valence-corrected chi connectivity index (χ3v) is 9.50. The lowest BCUT2D eigenvalue weighted by molar-refractivity contribution is -0.137. The number of carboxylic acids is 1. The summed E-state index contributed by atoms with van der Waals surface area (Å²) in [6.07, 6.45) is 14.2. The first-order valence-corrected chi connectivity index (χ1v) is 20.6. The largest absolute Gasteiger partial charge is 0.481 e. The van der Waals surface area contributed by atoms with Gasteiger partial charge in [0.2, 0.25) is 0 Å². The maximum Gasteiger partial charge on any atom is 0.351 e. The molecule has 6 rings (SSSR count). The Kier molecular flexibility index (Phi) is 22.0. The van der Waals surface area contributed by atoms with Crippen LogP contribution in [0.1, 0.15) is 94.2 Å². The zero-order valence-electron chi connectivity index (χ0n) is 34.1. The van der Waals surface area contributed by atoms with Crippen molar-refractivity contribution in [3.05, 3.63) is 117 Å². The zero-order chi connectivity index (χ0) is 42.8. The Hall–Kier alpha value is -5.01. The summed E-state index contributed by atoms with van der Waals surface area (Å²) in [6.45, 7) is 0.464. The molecule has 0 spiro atoms. The van der Waals surface area contributed by atoms with Gasteiger partial charge in [-0.15, -0.1) is 0 Å². The average Bonchev–Trinajstić information content (AvgIpc) is 3.94. The van der Waals surface area contributed by atoms with E-state index in [-0.39, 0.29) is 32.2 Å². The van der Waals surface area contributed by atoms with Crippen LogP contribution in [0.5, 0.6) is 0 Å². The first kappa shape index (κ1) is 47.7. The molecule has 2 aliphatic rings. The molecule has 0 aliphatic carbocycles. The van der Waals surface area contributed by atoms with Crippen LogP contribution in [0.15, 0.2) is 94.8 Å². The number of aliphatic hydroxyl groups excluding tert-OH is 2. The van der Waals surface area contributed by atoms with E-state index in [1.807, 2.05) is 12.1 Å². The maximum absolute atomic E-state index is 12.1. The van der Waals surface area contributed by atoms with Crippen molar-refractivity contribution in [2.75, 3.05) is 44.2 Å². The molecule has 2 saturated heterocycles. The van der Waals surface area contributed by atoms with E-state index >= 15 is 0 Å². The molecule has 0 bridgehead atoms. The molecule has 17 nitrogen and oxygen atoms in total. The Labute approximate surface area is 350 Å². The number of benzene rings is 2. The Morgan fingerprint density at radius 2 is 1.17 bits per heavy atom. The SMILES string of the molecule is Nc1ccn([C@@H]2CO[C@H](CO)O2)c(=O)n1.O=C(O)CCCCCCCc1ccccc1.O=c1nc(NOCCCCCCCc2ccccc2)ccn1[C@@H]1CO[C@H](CO)O1. The fraction of sp³-hybridized carbons (Fsp3) is 0.512. The van der Waals surface area contributed by atoms with Crippen LogP contribution in [-0.2, 0) is 41.4 Å². The maximum atomic E-state index is 12.1. The molecule has 0 unspecified atom stereocenters. The van der Waals surface area contributed by atoms with Crippen LogP contribution in [0.25, 0.3) is 0 Å². The average molecular weight is 837 g/mol. The Morgan fingerprint density at radius 3 is 1.65 bits per heavy atom. The number of aliphatic hydroxyl groups is 2. The molecule has 17 heteroatoms. The van der Waals surface area contributed by atoms with Crippen molar-refractivity contribution in [2.45, 2.75) is 109 Å². The van der Waals surface area contributed by atoms with Gasteiger partial charge in [0.15, 0.2) is 30.9 Å². The van der Waals surface area contributed by atoms with Crippen LogP contribution in [-0.4, -0.2) is 86.0 Å². The van der Waals surface area contributed by atoms with Crippen molar-refractivity contribution < 1.29 is 43.9 Å². The van der Waals surface area contributed by atoms with Gasteiger partial charge in [-0.1, -0.05) is 99.2 Å². The first-order valence-electron chi connectivity index (χ1n) is 20.6. The molecule has 0 amide bonds. The Morgan fingerprint density at radius 1 is 0.683 bits per heavy atom. The summed E-state index contributed by atoms with van der Waals surface area (Å²) < 4.78 is 23.5. The van der Waals surface area contributed by atoms with Gasteiger partial charge in [-0.25, -0.2) is 15.1 Å². The highest BCUT2D eigenvalue weighted by Gasteiger charge is 2.28. The van der Waals surface area contributed by atoms with Crippen LogP contribution in [0, 0.1) is 0 Å². The molecule has 2 aromatic carbocycles. The molecule has 0 saturated carbocycles. The summed E-state index contributed by atoms with van der Waals surface area (Å²) in [7, 11) is 0. The number of rotatable bonds is 22. The highest BCUT2D eigenvalue weighted by molar-refractivity contribution is 5.66. The molecule has 2 aliphatic heterocycles. The highest BCUT2D eigenvalue weighted by Crippen LogP contribution is 2.20. The van der Waals surface area contributed by atoms with Crippen LogP contribution in [0.3, 0.4) is 0 Å². The lowest BCUT2D eigenvalue weighted by Gasteiger charge is -2.13. The Bertz CT molecular complexity index is 1900. The fourth-order valence-electron chi connectivity index (χ4n) is 6.29. The van der Waals surface area contributed by atoms with Crippen molar-refractivity contribution >= 4 is 17.6 Å². The minimum Gasteiger partial charge on any atom is -0.481 e. The molecule has 4 heterocycles. The lowest BCUT2D eigenvalue weighted by Crippen LogP contribution is -2.29. The molecule has 6 N–H and O–H groups in total. The number of carbonyl (C=O) groups is 1. The fourth-order valence-corrected chi connectivity index (χ4v) is 6.29. The number of carboxylic acid groups (broad SMARTS) is 1. The summed E-state index contributed by atoms with van der Waals surface area (Å²) in [5.74, 6) is -0.162. The number of unbranched alkanes of at least 4 members (excludes halogenated alkanes) is 8. The molecule has 328 valence electrons. The van der Waals surface area contributed by atoms with E-state index in [1.165, 1.54) is 64.6 Å². The summed E-state index contributed by atoms with van der Waals surface area (Å²) >= 11 is 0. The second kappa shape index (κ2) is 27.7. The van der Waals surface area contributed by atoms with E-state index in [0.29, 0.717) is 18.8 Å². The van der Waals surface area contributed by atoms with Gasteiger partial charge in [-0.3, -0.25) is 18.8 Å². The molecule has 4 atom stereocenters. The summed E-state index contributed by atoms with van der Waals surface area (Å²) in [4.78, 5) is 46.7. The third kappa shape index (κ3) is 18.1. The second-order valence-electron chi connectivity index (χ2n) is 14.2. The number of anilines is 2. The smallest absolute Gasteiger partial charge is 0.351 e. The van der Waals surface area contributed by atoms with Crippen LogP contribution in [0.4, 0.5) is 11.6 Å². The van der Waals surface area contributed by atoms with E-state index < -0.39 is 42.4 Å². The van der Waals surface area contributed by atoms with Crippen molar-refractivity contribution in [1.82, 2.24) is 19.1 Å². The number of nitrogen functional groups attached to an aromatic ring is 1. The molecular weight excluding hydrogens is 777 g/mol. The van der Waals surface area contributed by atoms with E-state index in [1.54, 1.807) is 12.3 Å². The molecule has 60 heavy (non-hydrogen) atoms. The van der Waals surface area contributed by atoms with E-state index in [9.17, 15) is 14.4 Å². The highest BCUT2D eigenvalue weighted by atomic mass is 16.7. The molecule has 0 radical (unpaired) electrons. The number of nitrogens with one attached hydrogen (secondary N) is 1. The van der Waals surface area contributed by atoms with Crippen molar-refractivity contribution in [3.8, 4) is 0 Å². The number of ether oxygens (including phenoxy) is 4. The van der Waals surface area contributed by atoms with Gasteiger partial charge in [-0.2, -0.15) is 9.97 Å². The number of aliphatic carboxylic acids is 1. The van der Waals surface area contributed by atoms with Crippen LogP contribution >= 0.6 is 0 Å². The Balaban J connectivity index is 0.000000217. The van der Waals surface area contributed by atoms with Gasteiger partial charge >= 0.3 is 17.3 Å². The number of hydrogen-bond donors (Lipinski definition) is 5. The van der Waals surface area contributed by atoms with E-state index in [0.717, 1.165) is 44.9 Å². The standard InChI is InChI=1S/C21H29N3O5.C14H20O2.C8H11N3O4/c25-15-20-27-16-19(29-20)24-13-12-18(22-21(24)26)23-28-14-8-3-1-2-5-9-17-10-6-4-7-11-17;15-14(16)12-8-3-1-2-5-9-13-10-6-4-7-11-13;9-5-1-2-11(8(13)10-5)6-4-14-7(3-12)15-6/h4,6-7,10-13,19-20,25H,1-3,5,8-9,14-16H2,(H,22,23,26);4,6-7,10-11H,1-3,5,8-9,12H2,(H,15,16);1-2,6-7,12H,3-4H2,(H2,9,10,13)/t19-,20-;;6-,7-/m0.0/s1. The molecule has 4 aromatic rings. The summed E-state index contributed by atoms with van der Waals surface area (Å²) in [5, 5.41) is 26.2. The predicted octanol–water partition coefficient (Wildman–Crippen LogP) is 4.99. The number of nitrogens with two attached hydrogens (primary N) is 1. The summed E-state index contributed by atoms with van der Waals surface area (Å²) in [6, 6.07) is 24.2. The van der Waals surface area contributed by atoms with Crippen molar-refractivity contribution in [1.29, 1.82) is 0 Å². The van der Waals surface area contributed by atoms with Gasteiger partial charge in [0.05, 0.1) is 33.0 Å². The number of hydrogen-bond acceptors (Lipinski definition) is 14. The topological polar surface area (TPSA) is 232 Å². The van der Waals surface area contributed by atoms with E-state index in [2.05, 4.69) is 64.0 Å². The van der Waals surface area contributed by atoms with E-state index in [4.69, 9.17) is 44.8 Å². The normalized spacial score (nSPS) is 18.2. The number of nitrogens with zero attached hydrogens (tertiary/aromatic N) is 4. The second-order valence-corrected chi connectivity index (χ2v) is 14.2. The van der Waals surface area contributed by atoms with Gasteiger partial charge in [0, 0.05) is 18.8 Å². The molecular formula is C43H60N6O11. The minimum atomic E-state index is -0.702. The first-order chi connectivity index (χ1) is 29.2. The van der Waals surface area contributed by atoms with Gasteiger partial charge < -0.3 is 40.0 Å². The van der Waals surface area contributed by atoms with Crippen LogP contribution in [0.2, 0.25) is 0 Å². The third-order valence-electron chi connectivity index (χ3n) is 9.50. The number of aromatic nitrogens is 4. The monoisotopic (exact) mass is 836 g/mol. The van der Waals surface area contributed by atoms with Gasteiger partial charge in [0.25, 0.3) is 0 Å². The van der Waals surface area contributed by atoms with Gasteiger partial charge in [-0.05, 0) is 61.8 Å². The van der Waals surface area contributed by atoms with Crippen molar-refractivity contribution in [2.24, 2.45) is 0 Å². The van der Waals surface area contributed by atoms with Crippen molar-refractivity contribution in [3.63, 3.8) is 0 Å². The number of aryl methyl sites for hydroxylation is 2. The summed E-state index contributed by atoms with van der Waals surface area (Å²) in [5.41, 5.74) is 9.88. The molecule has 2 fully saturated rings. The predicted molar refractivity (Wildman–Crippen MR) is 224 cm³/mol. The zero-order valence-corrected chi connectivity index (χ0v) is 34.1. The molecule has 2 aromatic heterocycles. The quantitative estimate of drug-likeness (QED) is 0.0519.